The first kappa shape index (κ1) is 26.4. The average Bonchev–Trinajstić information content (AvgIpc) is 3.35. The smallest absolute Gasteiger partial charge is 0.257 e. The van der Waals surface area contributed by atoms with Crippen molar-refractivity contribution in [2.45, 2.75) is 20.0 Å². The molecule has 3 aromatic carbocycles. The lowest BCUT2D eigenvalue weighted by Gasteiger charge is -2.11. The molecule has 4 aromatic rings. The van der Waals surface area contributed by atoms with E-state index in [1.54, 1.807) is 48.5 Å². The molecule has 0 spiro atoms. The molecule has 2 N–H and O–H groups in total. The van der Waals surface area contributed by atoms with Gasteiger partial charge in [-0.15, -0.1) is 10.2 Å². The summed E-state index contributed by atoms with van der Waals surface area (Å²) in [5.41, 5.74) is 5.07. The fraction of sp³-hybridized carbons (Fsp3) is 0.148. The van der Waals surface area contributed by atoms with Gasteiger partial charge in [0.2, 0.25) is 11.0 Å². The number of hydrogen-bond donors (Lipinski definition) is 2. The maximum atomic E-state index is 13.8. The summed E-state index contributed by atoms with van der Waals surface area (Å²) in [6.45, 7) is 1.99. The van der Waals surface area contributed by atoms with Crippen LogP contribution >= 0.6 is 11.3 Å². The van der Waals surface area contributed by atoms with Gasteiger partial charge in [-0.2, -0.15) is 5.10 Å². The molecular weight excluding hydrogens is 509 g/mol. The van der Waals surface area contributed by atoms with Crippen molar-refractivity contribution in [1.82, 2.24) is 15.6 Å². The number of nitrogens with one attached hydrogen (secondary N) is 2. The summed E-state index contributed by atoms with van der Waals surface area (Å²) in [6, 6.07) is 18.6. The molecular formula is C27H24FN5O4S. The van der Waals surface area contributed by atoms with Crippen LogP contribution in [0.15, 0.2) is 71.8 Å². The quantitative estimate of drug-likeness (QED) is 0.229. The number of aromatic nitrogens is 2. The molecule has 194 valence electrons. The maximum Gasteiger partial charge on any atom is 0.257 e. The Balaban J connectivity index is 1.28. The molecule has 0 bridgehead atoms. The number of carbonyl (C=O) groups excluding carboxylic acids is 2. The van der Waals surface area contributed by atoms with Crippen molar-refractivity contribution in [2.75, 3.05) is 12.4 Å². The number of hydrazone groups is 1. The van der Waals surface area contributed by atoms with E-state index in [0.29, 0.717) is 38.3 Å². The molecule has 0 aliphatic rings. The Morgan fingerprint density at radius 3 is 2.61 bits per heavy atom. The maximum absolute atomic E-state index is 13.8. The second-order valence-corrected chi connectivity index (χ2v) is 9.14. The summed E-state index contributed by atoms with van der Waals surface area (Å²) in [6.07, 6.45) is 1.40. The van der Waals surface area contributed by atoms with Gasteiger partial charge in [-0.05, 0) is 48.9 Å². The monoisotopic (exact) mass is 533 g/mol. The highest BCUT2D eigenvalue weighted by atomic mass is 32.1. The van der Waals surface area contributed by atoms with E-state index in [-0.39, 0.29) is 24.8 Å². The zero-order chi connectivity index (χ0) is 26.9. The fourth-order valence-electron chi connectivity index (χ4n) is 3.26. The van der Waals surface area contributed by atoms with Crippen molar-refractivity contribution in [3.05, 3.63) is 99.8 Å². The number of nitrogens with zero attached hydrogens (tertiary/aromatic N) is 3. The van der Waals surface area contributed by atoms with E-state index in [0.717, 1.165) is 16.9 Å². The molecule has 9 nitrogen and oxygen atoms in total. The number of benzene rings is 3. The first-order valence-corrected chi connectivity index (χ1v) is 12.3. The SMILES string of the molecule is COc1cc(/C=N\NC(=O)Cc2nnc(NC(=O)c3ccc(C)cc3)s2)ccc1OCc1ccccc1F. The number of methoxy groups -OCH3 is 1. The number of hydrogen-bond acceptors (Lipinski definition) is 8. The molecule has 4 rings (SSSR count). The number of rotatable bonds is 10. The average molecular weight is 534 g/mol. The Hall–Kier alpha value is -4.64. The Bertz CT molecular complexity index is 1460. The summed E-state index contributed by atoms with van der Waals surface area (Å²) in [7, 11) is 1.49. The number of ether oxygens (including phenoxy) is 2. The number of aryl methyl sites for hydroxylation is 1. The van der Waals surface area contributed by atoms with Gasteiger partial charge < -0.3 is 9.47 Å². The summed E-state index contributed by atoms with van der Waals surface area (Å²) in [4.78, 5) is 24.6. The highest BCUT2D eigenvalue weighted by Crippen LogP contribution is 2.28. The van der Waals surface area contributed by atoms with Gasteiger partial charge >= 0.3 is 0 Å². The lowest BCUT2D eigenvalue weighted by Crippen LogP contribution is -2.19. The molecule has 0 saturated heterocycles. The van der Waals surface area contributed by atoms with Crippen LogP contribution in [0.3, 0.4) is 0 Å². The molecule has 0 unspecified atom stereocenters. The molecule has 2 amide bonds. The minimum absolute atomic E-state index is 0.0511. The Kier molecular flexibility index (Phi) is 8.73. The minimum atomic E-state index is -0.398. The van der Waals surface area contributed by atoms with Crippen LogP contribution in [-0.2, 0) is 17.8 Å². The molecule has 0 aliphatic heterocycles. The largest absolute Gasteiger partial charge is 0.493 e. The first-order valence-electron chi connectivity index (χ1n) is 11.5. The number of anilines is 1. The van der Waals surface area contributed by atoms with E-state index in [4.69, 9.17) is 9.47 Å². The van der Waals surface area contributed by atoms with Gasteiger partial charge in [-0.3, -0.25) is 14.9 Å². The van der Waals surface area contributed by atoms with Crippen LogP contribution in [-0.4, -0.2) is 35.3 Å². The standard InChI is InChI=1S/C27H24FN5O4S/c1-17-7-10-19(11-8-17)26(35)30-27-33-32-25(38-27)14-24(34)31-29-15-18-9-12-22(23(13-18)36-2)37-16-20-5-3-4-6-21(20)28/h3-13,15H,14,16H2,1-2H3,(H,31,34)(H,30,33,35)/b29-15-. The van der Waals surface area contributed by atoms with Crippen molar-refractivity contribution < 1.29 is 23.5 Å². The van der Waals surface area contributed by atoms with Crippen LogP contribution in [0.4, 0.5) is 9.52 Å². The van der Waals surface area contributed by atoms with Crippen molar-refractivity contribution in [2.24, 2.45) is 5.10 Å². The van der Waals surface area contributed by atoms with Gasteiger partial charge in [0.15, 0.2) is 11.5 Å². The molecule has 1 heterocycles. The van der Waals surface area contributed by atoms with E-state index in [1.807, 2.05) is 19.1 Å². The predicted octanol–water partition coefficient (Wildman–Crippen LogP) is 4.52. The van der Waals surface area contributed by atoms with E-state index in [1.165, 1.54) is 19.4 Å². The molecule has 0 fully saturated rings. The minimum Gasteiger partial charge on any atom is -0.493 e. The topological polar surface area (TPSA) is 115 Å². The third-order valence-electron chi connectivity index (χ3n) is 5.24. The van der Waals surface area contributed by atoms with Crippen LogP contribution in [0, 0.1) is 12.7 Å². The van der Waals surface area contributed by atoms with Crippen LogP contribution in [0.25, 0.3) is 0 Å². The number of carbonyl (C=O) groups is 2. The van der Waals surface area contributed by atoms with Crippen LogP contribution in [0.5, 0.6) is 11.5 Å². The normalized spacial score (nSPS) is 10.8. The Labute approximate surface area is 222 Å². The van der Waals surface area contributed by atoms with Crippen molar-refractivity contribution in [1.29, 1.82) is 0 Å². The third-order valence-corrected chi connectivity index (χ3v) is 6.08. The Morgan fingerprint density at radius 2 is 1.84 bits per heavy atom. The molecule has 1 aromatic heterocycles. The van der Waals surface area contributed by atoms with E-state index in [9.17, 15) is 14.0 Å². The predicted molar refractivity (Wildman–Crippen MR) is 142 cm³/mol. The van der Waals surface area contributed by atoms with Crippen LogP contribution in [0.1, 0.15) is 32.1 Å². The highest BCUT2D eigenvalue weighted by molar-refractivity contribution is 7.15. The lowest BCUT2D eigenvalue weighted by atomic mass is 10.1. The van der Waals surface area contributed by atoms with Crippen LogP contribution < -0.4 is 20.2 Å². The lowest BCUT2D eigenvalue weighted by molar-refractivity contribution is -0.120. The summed E-state index contributed by atoms with van der Waals surface area (Å²) in [5.74, 6) is -0.168. The summed E-state index contributed by atoms with van der Waals surface area (Å²) >= 11 is 1.11. The number of amides is 2. The molecule has 0 radical (unpaired) electrons. The van der Waals surface area contributed by atoms with E-state index >= 15 is 0 Å². The molecule has 38 heavy (non-hydrogen) atoms. The fourth-order valence-corrected chi connectivity index (χ4v) is 3.99. The molecule has 11 heteroatoms. The van der Waals surface area contributed by atoms with Gasteiger partial charge in [0.1, 0.15) is 17.4 Å². The molecule has 0 saturated carbocycles. The summed E-state index contributed by atoms with van der Waals surface area (Å²) in [5, 5.41) is 15.2. The van der Waals surface area contributed by atoms with E-state index in [2.05, 4.69) is 26.0 Å². The zero-order valence-electron chi connectivity index (χ0n) is 20.6. The zero-order valence-corrected chi connectivity index (χ0v) is 21.4. The van der Waals surface area contributed by atoms with Gasteiger partial charge in [-0.1, -0.05) is 47.2 Å². The van der Waals surface area contributed by atoms with Crippen LogP contribution in [0.2, 0.25) is 0 Å². The van der Waals surface area contributed by atoms with Gasteiger partial charge in [-0.25, -0.2) is 9.82 Å². The first-order chi connectivity index (χ1) is 18.4. The Morgan fingerprint density at radius 1 is 1.05 bits per heavy atom. The number of halogens is 1. The highest BCUT2D eigenvalue weighted by Gasteiger charge is 2.13. The van der Waals surface area contributed by atoms with Gasteiger partial charge in [0, 0.05) is 11.1 Å². The summed E-state index contributed by atoms with van der Waals surface area (Å²) < 4.78 is 24.9. The van der Waals surface area contributed by atoms with Crippen molar-refractivity contribution >= 4 is 34.5 Å². The second-order valence-electron chi connectivity index (χ2n) is 8.08. The second kappa shape index (κ2) is 12.5. The third kappa shape index (κ3) is 7.20. The van der Waals surface area contributed by atoms with E-state index < -0.39 is 5.91 Å². The van der Waals surface area contributed by atoms with Crippen molar-refractivity contribution in [3.63, 3.8) is 0 Å². The van der Waals surface area contributed by atoms with Gasteiger partial charge in [0.25, 0.3) is 5.91 Å². The molecule has 0 atom stereocenters. The van der Waals surface area contributed by atoms with Crippen molar-refractivity contribution in [3.8, 4) is 11.5 Å². The molecule has 0 aliphatic carbocycles. The van der Waals surface area contributed by atoms with Gasteiger partial charge in [0.05, 0.1) is 19.7 Å².